The molecule has 3 heterocycles. The lowest BCUT2D eigenvalue weighted by atomic mass is 10.2. The van der Waals surface area contributed by atoms with Crippen LogP contribution in [0, 0.1) is 0 Å². The molecule has 1 saturated heterocycles. The highest BCUT2D eigenvalue weighted by molar-refractivity contribution is 5.84. The molecule has 1 aliphatic heterocycles. The monoisotopic (exact) mass is 565 g/mol. The van der Waals surface area contributed by atoms with Crippen LogP contribution in [-0.4, -0.2) is 43.6 Å². The average Bonchev–Trinajstić information content (AvgIpc) is 3.68. The third-order valence-corrected chi connectivity index (χ3v) is 6.87. The molecule has 0 amide bonds. The van der Waals surface area contributed by atoms with Crippen molar-refractivity contribution in [1.29, 1.82) is 0 Å². The number of anilines is 2. The van der Waals surface area contributed by atoms with E-state index < -0.39 is 0 Å². The first-order valence-corrected chi connectivity index (χ1v) is 13.7. The van der Waals surface area contributed by atoms with Crippen LogP contribution < -0.4 is 20.6 Å². The summed E-state index contributed by atoms with van der Waals surface area (Å²) in [6.45, 7) is 0.786. The quantitative estimate of drug-likeness (QED) is 0.154. The van der Waals surface area contributed by atoms with E-state index in [-0.39, 0.29) is 30.7 Å². The summed E-state index contributed by atoms with van der Waals surface area (Å²) in [5.41, 5.74) is 12.9. The molecule has 0 aliphatic carbocycles. The van der Waals surface area contributed by atoms with Crippen molar-refractivity contribution in [3.63, 3.8) is 0 Å². The van der Waals surface area contributed by atoms with E-state index in [1.54, 1.807) is 12.5 Å². The van der Waals surface area contributed by atoms with Gasteiger partial charge in [0.1, 0.15) is 25.0 Å². The van der Waals surface area contributed by atoms with Gasteiger partial charge in [-0.05, 0) is 47.7 Å². The van der Waals surface area contributed by atoms with Crippen LogP contribution in [0.25, 0.3) is 11.2 Å². The van der Waals surface area contributed by atoms with Crippen LogP contribution in [-0.2, 0) is 18.0 Å². The molecule has 1 aliphatic rings. The number of aromatic nitrogens is 4. The summed E-state index contributed by atoms with van der Waals surface area (Å²) in [5, 5.41) is 13.8. The van der Waals surface area contributed by atoms with Crippen LogP contribution in [0.2, 0.25) is 0 Å². The van der Waals surface area contributed by atoms with E-state index >= 15 is 0 Å². The molecule has 0 saturated carbocycles. The number of rotatable bonds is 11. The fourth-order valence-electron chi connectivity index (χ4n) is 4.70. The predicted octanol–water partition coefficient (Wildman–Crippen LogP) is 4.68. The van der Waals surface area contributed by atoms with Crippen LogP contribution >= 0.6 is 0 Å². The number of fused-ring (bicyclic) bond motifs is 1. The third kappa shape index (κ3) is 6.32. The van der Waals surface area contributed by atoms with E-state index in [0.29, 0.717) is 35.9 Å². The number of benzene rings is 3. The van der Waals surface area contributed by atoms with Crippen molar-refractivity contribution in [2.24, 2.45) is 5.10 Å². The number of nitrogen functional groups attached to an aromatic ring is 1. The highest BCUT2D eigenvalue weighted by Crippen LogP contribution is 2.32. The van der Waals surface area contributed by atoms with Gasteiger partial charge in [0, 0.05) is 0 Å². The second-order valence-corrected chi connectivity index (χ2v) is 9.85. The summed E-state index contributed by atoms with van der Waals surface area (Å²) in [6.07, 6.45) is 4.28. The van der Waals surface area contributed by atoms with Crippen molar-refractivity contribution in [3.8, 4) is 11.5 Å². The SMILES string of the molecule is Nc1nc(N/N=C/c2ccc(OCc3ccccc3)c(OCc3ccccc3)c2)nc2c1ncn2[C@H]1CC[C@@H](CO)O1. The predicted molar refractivity (Wildman–Crippen MR) is 159 cm³/mol. The molecule has 3 aromatic carbocycles. The molecule has 11 nitrogen and oxygen atoms in total. The lowest BCUT2D eigenvalue weighted by Crippen LogP contribution is -2.14. The molecule has 0 unspecified atom stereocenters. The van der Waals surface area contributed by atoms with Gasteiger partial charge in [-0.25, -0.2) is 10.4 Å². The maximum absolute atomic E-state index is 9.43. The van der Waals surface area contributed by atoms with E-state index in [0.717, 1.165) is 29.5 Å². The molecule has 4 N–H and O–H groups in total. The molecule has 11 heteroatoms. The standard InChI is InChI=1S/C31H31N7O4/c32-29-28-30(38(20-33-28)27-14-12-24(17-39)42-27)36-31(35-29)37-34-16-23-11-13-25(40-18-21-7-3-1-4-8-21)26(15-23)41-19-22-9-5-2-6-10-22/h1-11,13,15-16,20,24,27,39H,12,14,17-19H2,(H3,32,35,36,37)/b34-16+/t24-,27+/m0/s1. The Labute approximate surface area is 242 Å². The van der Waals surface area contributed by atoms with Crippen molar-refractivity contribution in [3.05, 3.63) is 102 Å². The minimum Gasteiger partial charge on any atom is -0.485 e. The molecular formula is C31H31N7O4. The number of hydrogen-bond donors (Lipinski definition) is 3. The van der Waals surface area contributed by atoms with Crippen molar-refractivity contribution >= 4 is 29.1 Å². The molecule has 0 radical (unpaired) electrons. The van der Waals surface area contributed by atoms with Crippen molar-refractivity contribution in [2.75, 3.05) is 17.8 Å². The molecule has 214 valence electrons. The van der Waals surface area contributed by atoms with Gasteiger partial charge in [0.25, 0.3) is 0 Å². The lowest BCUT2D eigenvalue weighted by Gasteiger charge is -2.14. The van der Waals surface area contributed by atoms with Gasteiger partial charge in [-0.15, -0.1) is 0 Å². The van der Waals surface area contributed by atoms with Gasteiger partial charge in [0.05, 0.1) is 25.3 Å². The smallest absolute Gasteiger partial charge is 0.247 e. The van der Waals surface area contributed by atoms with Gasteiger partial charge in [0.2, 0.25) is 5.95 Å². The van der Waals surface area contributed by atoms with E-state index in [1.807, 2.05) is 83.4 Å². The highest BCUT2D eigenvalue weighted by atomic mass is 16.5. The summed E-state index contributed by atoms with van der Waals surface area (Å²) < 4.78 is 20.0. The fourth-order valence-corrected chi connectivity index (χ4v) is 4.70. The van der Waals surface area contributed by atoms with E-state index in [2.05, 4.69) is 25.5 Å². The number of imidazole rings is 1. The van der Waals surface area contributed by atoms with Gasteiger partial charge in [0.15, 0.2) is 23.0 Å². The molecule has 2 atom stereocenters. The molecule has 6 rings (SSSR count). The van der Waals surface area contributed by atoms with Crippen LogP contribution in [0.15, 0.2) is 90.3 Å². The summed E-state index contributed by atoms with van der Waals surface area (Å²) in [4.78, 5) is 13.2. The Hall–Kier alpha value is -5.00. The van der Waals surface area contributed by atoms with Gasteiger partial charge in [-0.1, -0.05) is 60.7 Å². The number of nitrogens with two attached hydrogens (primary N) is 1. The van der Waals surface area contributed by atoms with E-state index in [1.165, 1.54) is 0 Å². The second kappa shape index (κ2) is 12.7. The Morgan fingerprint density at radius 3 is 2.36 bits per heavy atom. The number of ether oxygens (including phenoxy) is 3. The fraction of sp³-hybridized carbons (Fsp3) is 0.226. The number of hydrogen-bond acceptors (Lipinski definition) is 10. The molecule has 0 spiro atoms. The first-order valence-electron chi connectivity index (χ1n) is 13.7. The number of aliphatic hydroxyl groups is 1. The first-order chi connectivity index (χ1) is 20.7. The molecule has 0 bridgehead atoms. The highest BCUT2D eigenvalue weighted by Gasteiger charge is 2.28. The molecular weight excluding hydrogens is 534 g/mol. The van der Waals surface area contributed by atoms with Crippen molar-refractivity contribution < 1.29 is 19.3 Å². The topological polar surface area (TPSA) is 142 Å². The van der Waals surface area contributed by atoms with Crippen LogP contribution in [0.3, 0.4) is 0 Å². The van der Waals surface area contributed by atoms with Gasteiger partial charge < -0.3 is 25.1 Å². The number of nitrogens with zero attached hydrogens (tertiary/aromatic N) is 5. The Balaban J connectivity index is 1.19. The minimum absolute atomic E-state index is 0.0269. The van der Waals surface area contributed by atoms with Gasteiger partial charge in [-0.2, -0.15) is 15.1 Å². The Morgan fingerprint density at radius 1 is 0.952 bits per heavy atom. The number of nitrogens with one attached hydrogen (secondary N) is 1. The summed E-state index contributed by atoms with van der Waals surface area (Å²) >= 11 is 0. The Morgan fingerprint density at radius 2 is 1.67 bits per heavy atom. The van der Waals surface area contributed by atoms with E-state index in [4.69, 9.17) is 19.9 Å². The summed E-state index contributed by atoms with van der Waals surface area (Å²) in [6, 6.07) is 25.6. The Kier molecular flexibility index (Phi) is 8.20. The van der Waals surface area contributed by atoms with Gasteiger partial charge >= 0.3 is 0 Å². The summed E-state index contributed by atoms with van der Waals surface area (Å²) in [5.74, 6) is 1.68. The number of hydrazone groups is 1. The second-order valence-electron chi connectivity index (χ2n) is 9.85. The van der Waals surface area contributed by atoms with Crippen LogP contribution in [0.4, 0.5) is 11.8 Å². The minimum atomic E-state index is -0.283. The Bertz CT molecular complexity index is 1660. The zero-order valence-electron chi connectivity index (χ0n) is 22.8. The lowest BCUT2D eigenvalue weighted by molar-refractivity contribution is -0.0207. The van der Waals surface area contributed by atoms with Crippen molar-refractivity contribution in [1.82, 2.24) is 19.5 Å². The molecule has 2 aromatic heterocycles. The van der Waals surface area contributed by atoms with Gasteiger partial charge in [-0.3, -0.25) is 4.57 Å². The zero-order chi connectivity index (χ0) is 28.7. The van der Waals surface area contributed by atoms with E-state index in [9.17, 15) is 5.11 Å². The zero-order valence-corrected chi connectivity index (χ0v) is 22.8. The molecule has 1 fully saturated rings. The maximum Gasteiger partial charge on any atom is 0.247 e. The summed E-state index contributed by atoms with van der Waals surface area (Å²) in [7, 11) is 0. The third-order valence-electron chi connectivity index (χ3n) is 6.87. The van der Waals surface area contributed by atoms with Crippen LogP contribution in [0.1, 0.15) is 35.8 Å². The first kappa shape index (κ1) is 27.2. The maximum atomic E-state index is 9.43. The molecule has 42 heavy (non-hydrogen) atoms. The molecule has 5 aromatic rings. The van der Waals surface area contributed by atoms with Crippen molar-refractivity contribution in [2.45, 2.75) is 38.4 Å². The normalized spacial score (nSPS) is 16.7. The number of aliphatic hydroxyl groups excluding tert-OH is 1. The average molecular weight is 566 g/mol. The largest absolute Gasteiger partial charge is 0.485 e. The van der Waals surface area contributed by atoms with Crippen LogP contribution in [0.5, 0.6) is 11.5 Å².